The average Bonchev–Trinajstić information content (AvgIpc) is 3.52. The number of fused-ring (bicyclic) bond motifs is 1. The molecule has 0 aliphatic heterocycles. The smallest absolute Gasteiger partial charge is 0.291 e. The summed E-state index contributed by atoms with van der Waals surface area (Å²) in [6, 6.07) is 14.2. The maximum Gasteiger partial charge on any atom is 0.291 e. The number of halogens is 2. The number of anilines is 1. The van der Waals surface area contributed by atoms with Crippen molar-refractivity contribution in [1.82, 2.24) is 19.8 Å². The van der Waals surface area contributed by atoms with Crippen molar-refractivity contribution in [3.8, 4) is 21.9 Å². The van der Waals surface area contributed by atoms with Crippen LogP contribution >= 0.6 is 34.5 Å². The number of rotatable bonds is 5. The highest BCUT2D eigenvalue weighted by molar-refractivity contribution is 7.19. The molecular weight excluding hydrogens is 481 g/mol. The van der Waals surface area contributed by atoms with Crippen LogP contribution in [0.25, 0.3) is 26.9 Å². The van der Waals surface area contributed by atoms with E-state index < -0.39 is 0 Å². The van der Waals surface area contributed by atoms with E-state index in [1.54, 1.807) is 34.8 Å². The Morgan fingerprint density at radius 1 is 1.12 bits per heavy atom. The average molecular weight is 498 g/mol. The maximum absolute atomic E-state index is 12.9. The van der Waals surface area contributed by atoms with E-state index in [4.69, 9.17) is 27.6 Å². The Balaban J connectivity index is 1.41. The second-order valence-electron chi connectivity index (χ2n) is 7.34. The van der Waals surface area contributed by atoms with E-state index in [1.165, 1.54) is 11.3 Å². The minimum Gasteiger partial charge on any atom is -0.451 e. The van der Waals surface area contributed by atoms with Crippen LogP contribution < -0.4 is 5.32 Å². The van der Waals surface area contributed by atoms with Gasteiger partial charge in [0.25, 0.3) is 5.91 Å². The number of benzene rings is 2. The number of aromatic nitrogens is 4. The van der Waals surface area contributed by atoms with Gasteiger partial charge in [0, 0.05) is 28.3 Å². The van der Waals surface area contributed by atoms with Crippen LogP contribution in [0.2, 0.25) is 10.0 Å². The van der Waals surface area contributed by atoms with Crippen LogP contribution in [0.15, 0.2) is 52.9 Å². The molecule has 33 heavy (non-hydrogen) atoms. The van der Waals surface area contributed by atoms with Crippen molar-refractivity contribution in [2.24, 2.45) is 0 Å². The van der Waals surface area contributed by atoms with Crippen LogP contribution in [0.3, 0.4) is 0 Å². The number of hydrogen-bond donors (Lipinski definition) is 1. The molecule has 0 saturated heterocycles. The largest absolute Gasteiger partial charge is 0.451 e. The van der Waals surface area contributed by atoms with E-state index in [9.17, 15) is 4.79 Å². The molecule has 0 saturated carbocycles. The van der Waals surface area contributed by atoms with Gasteiger partial charge in [-0.05, 0) is 48.9 Å². The number of nitrogens with one attached hydrogen (secondary N) is 1. The molecule has 0 spiro atoms. The molecule has 0 atom stereocenters. The first-order chi connectivity index (χ1) is 15.9. The molecule has 0 fully saturated rings. The lowest BCUT2D eigenvalue weighted by atomic mass is 10.1. The Morgan fingerprint density at radius 2 is 1.97 bits per heavy atom. The van der Waals surface area contributed by atoms with E-state index in [0.717, 1.165) is 33.3 Å². The first-order valence-corrected chi connectivity index (χ1v) is 11.7. The van der Waals surface area contributed by atoms with Crippen LogP contribution in [0.4, 0.5) is 5.69 Å². The number of nitrogens with zero attached hydrogens (tertiary/aromatic N) is 4. The fourth-order valence-electron chi connectivity index (χ4n) is 3.36. The number of carbonyl (C=O) groups is 1. The summed E-state index contributed by atoms with van der Waals surface area (Å²) < 4.78 is 7.52. The molecule has 7 nitrogen and oxygen atoms in total. The Kier molecular flexibility index (Phi) is 5.65. The quantitative estimate of drug-likeness (QED) is 0.297. The van der Waals surface area contributed by atoms with Crippen LogP contribution in [-0.2, 0) is 6.42 Å². The monoisotopic (exact) mass is 497 g/mol. The molecule has 3 heterocycles. The zero-order chi connectivity index (χ0) is 23.1. The summed E-state index contributed by atoms with van der Waals surface area (Å²) in [6.45, 7) is 3.93. The predicted molar refractivity (Wildman–Crippen MR) is 130 cm³/mol. The molecule has 166 valence electrons. The highest BCUT2D eigenvalue weighted by atomic mass is 35.5. The lowest BCUT2D eigenvalue weighted by Crippen LogP contribution is -2.11. The number of hydrogen-bond acceptors (Lipinski definition) is 6. The second kappa shape index (κ2) is 8.62. The van der Waals surface area contributed by atoms with Gasteiger partial charge in [0.2, 0.25) is 4.96 Å². The number of carbonyl (C=O) groups excluding carboxylic acids is 1. The number of amides is 1. The van der Waals surface area contributed by atoms with Crippen molar-refractivity contribution < 1.29 is 9.21 Å². The van der Waals surface area contributed by atoms with Gasteiger partial charge >= 0.3 is 0 Å². The Labute approximate surface area is 203 Å². The summed E-state index contributed by atoms with van der Waals surface area (Å²) in [5.74, 6) is 1.06. The predicted octanol–water partition coefficient (Wildman–Crippen LogP) is 6.54. The zero-order valence-electron chi connectivity index (χ0n) is 17.6. The van der Waals surface area contributed by atoms with E-state index in [1.807, 2.05) is 32.0 Å². The van der Waals surface area contributed by atoms with Gasteiger partial charge in [0.1, 0.15) is 10.8 Å². The Morgan fingerprint density at radius 3 is 2.79 bits per heavy atom. The lowest BCUT2D eigenvalue weighted by Gasteiger charge is -2.09. The van der Waals surface area contributed by atoms with Crippen LogP contribution in [0.5, 0.6) is 0 Å². The van der Waals surface area contributed by atoms with Crippen molar-refractivity contribution in [2.75, 3.05) is 5.32 Å². The number of aryl methyl sites for hydroxylation is 2. The third-order valence-electron chi connectivity index (χ3n) is 5.13. The van der Waals surface area contributed by atoms with Gasteiger partial charge in [0.05, 0.1) is 5.02 Å². The third-order valence-corrected chi connectivity index (χ3v) is 6.64. The fraction of sp³-hybridized carbons (Fsp3) is 0.130. The van der Waals surface area contributed by atoms with Gasteiger partial charge in [-0.1, -0.05) is 53.6 Å². The standard InChI is InChI=1S/C23H17Cl2N5O2S/c1-3-20-27-28-23-30(20)29-22(33-23)13-5-4-12(2)17(10-13)26-21(31)19-9-8-18(32-19)15-11-14(24)6-7-16(15)25/h4-11H,3H2,1-2H3,(H,26,31). The summed E-state index contributed by atoms with van der Waals surface area (Å²) in [4.78, 5) is 13.6. The highest BCUT2D eigenvalue weighted by Gasteiger charge is 2.17. The van der Waals surface area contributed by atoms with Crippen LogP contribution in [0.1, 0.15) is 28.9 Å². The van der Waals surface area contributed by atoms with Gasteiger partial charge in [-0.2, -0.15) is 9.61 Å². The van der Waals surface area contributed by atoms with Gasteiger partial charge in [-0.15, -0.1) is 10.2 Å². The van der Waals surface area contributed by atoms with Gasteiger partial charge in [-0.3, -0.25) is 4.79 Å². The Bertz CT molecular complexity index is 1500. The maximum atomic E-state index is 12.9. The summed E-state index contributed by atoms with van der Waals surface area (Å²) in [5.41, 5.74) is 3.07. The van der Waals surface area contributed by atoms with E-state index in [2.05, 4.69) is 20.6 Å². The second-order valence-corrected chi connectivity index (χ2v) is 9.14. The molecule has 0 aliphatic rings. The first kappa shape index (κ1) is 21.6. The summed E-state index contributed by atoms with van der Waals surface area (Å²) >= 11 is 13.8. The molecule has 0 radical (unpaired) electrons. The van der Waals surface area contributed by atoms with Crippen molar-refractivity contribution in [2.45, 2.75) is 20.3 Å². The van der Waals surface area contributed by atoms with Crippen molar-refractivity contribution in [3.05, 3.63) is 75.7 Å². The van der Waals surface area contributed by atoms with Crippen LogP contribution in [0, 0.1) is 6.92 Å². The van der Waals surface area contributed by atoms with Crippen molar-refractivity contribution in [3.63, 3.8) is 0 Å². The molecular formula is C23H17Cl2N5O2S. The molecule has 1 N–H and O–H groups in total. The molecule has 0 unspecified atom stereocenters. The summed E-state index contributed by atoms with van der Waals surface area (Å²) in [6.07, 6.45) is 0.741. The molecule has 1 amide bonds. The molecule has 10 heteroatoms. The molecule has 5 rings (SSSR count). The SMILES string of the molecule is CCc1nnc2sc(-c3ccc(C)c(NC(=O)c4ccc(-c5cc(Cl)ccc5Cl)o4)c3)nn12. The molecule has 3 aromatic heterocycles. The minimum absolute atomic E-state index is 0.164. The molecule has 5 aromatic rings. The molecule has 2 aromatic carbocycles. The fourth-order valence-corrected chi connectivity index (χ4v) is 4.60. The first-order valence-electron chi connectivity index (χ1n) is 10.1. The minimum atomic E-state index is -0.369. The normalized spacial score (nSPS) is 11.3. The van der Waals surface area contributed by atoms with Crippen LogP contribution in [-0.4, -0.2) is 25.7 Å². The van der Waals surface area contributed by atoms with Crippen molar-refractivity contribution in [1.29, 1.82) is 0 Å². The lowest BCUT2D eigenvalue weighted by molar-refractivity contribution is 0.0997. The van der Waals surface area contributed by atoms with Gasteiger partial charge in [0.15, 0.2) is 11.6 Å². The Hall–Kier alpha value is -3.20. The zero-order valence-corrected chi connectivity index (χ0v) is 19.9. The number of furan rings is 1. The van der Waals surface area contributed by atoms with Gasteiger partial charge < -0.3 is 9.73 Å². The van der Waals surface area contributed by atoms with E-state index in [-0.39, 0.29) is 11.7 Å². The topological polar surface area (TPSA) is 85.3 Å². The molecule has 0 bridgehead atoms. The van der Waals surface area contributed by atoms with Gasteiger partial charge in [-0.25, -0.2) is 0 Å². The summed E-state index contributed by atoms with van der Waals surface area (Å²) in [7, 11) is 0. The highest BCUT2D eigenvalue weighted by Crippen LogP contribution is 2.33. The third kappa shape index (κ3) is 4.13. The van der Waals surface area contributed by atoms with Crippen molar-refractivity contribution >= 4 is 51.1 Å². The summed E-state index contributed by atoms with van der Waals surface area (Å²) in [5, 5.41) is 17.7. The molecule has 0 aliphatic carbocycles. The van der Waals surface area contributed by atoms with E-state index >= 15 is 0 Å². The van der Waals surface area contributed by atoms with E-state index in [0.29, 0.717) is 27.1 Å².